The molecule has 1 atom stereocenters. The fraction of sp³-hybridized carbons (Fsp3) is 0.391. The molecule has 0 aliphatic rings. The second-order valence-electron chi connectivity index (χ2n) is 7.37. The van der Waals surface area contributed by atoms with Gasteiger partial charge < -0.3 is 15.4 Å². The number of aromatic nitrogens is 1. The zero-order valence-electron chi connectivity index (χ0n) is 17.4. The second kappa shape index (κ2) is 12.2. The first-order valence-electron chi connectivity index (χ1n) is 10.1. The van der Waals surface area contributed by atoms with Crippen molar-refractivity contribution in [3.8, 4) is 11.8 Å². The maximum atomic E-state index is 12.7. The van der Waals surface area contributed by atoms with Crippen molar-refractivity contribution in [2.45, 2.75) is 39.2 Å². The smallest absolute Gasteiger partial charge is 0.252 e. The number of nitrogens with one attached hydrogen (secondary N) is 2. The quantitative estimate of drug-likeness (QED) is 0.439. The highest BCUT2D eigenvalue weighted by Gasteiger charge is 2.22. The number of hydrogen-bond acceptors (Lipinski definition) is 5. The number of pyridine rings is 1. The molecule has 2 aromatic rings. The Morgan fingerprint density at radius 2 is 2.07 bits per heavy atom. The Balaban J connectivity index is 1.91. The van der Waals surface area contributed by atoms with E-state index in [4.69, 9.17) is 10.00 Å². The van der Waals surface area contributed by atoms with Crippen molar-refractivity contribution in [2.24, 2.45) is 5.92 Å². The van der Waals surface area contributed by atoms with Crippen LogP contribution in [0.4, 0.5) is 0 Å². The lowest BCUT2D eigenvalue weighted by Crippen LogP contribution is -2.47. The summed E-state index contributed by atoms with van der Waals surface area (Å²) in [6, 6.07) is 12.0. The summed E-state index contributed by atoms with van der Waals surface area (Å²) < 4.78 is 5.77. The van der Waals surface area contributed by atoms with Crippen molar-refractivity contribution in [3.05, 3.63) is 59.9 Å². The average molecular weight is 409 g/mol. The zero-order chi connectivity index (χ0) is 21.8. The largest absolute Gasteiger partial charge is 0.494 e. The van der Waals surface area contributed by atoms with Crippen LogP contribution in [0.3, 0.4) is 0 Å². The molecular weight excluding hydrogens is 380 g/mol. The molecule has 0 aliphatic carbocycles. The standard InChI is InChI=1S/C23H28N4O3/c1-17(2)14-21(23(29)26-12-10-24)27-22(28)19-8-3-9-20(15-19)30-13-5-7-18-6-4-11-25-16-18/h3-4,6,8-9,11,15-17,21H,5,7,12-14H2,1-2H3,(H,26,29)(H,27,28)/t21-/m0/s1. The molecule has 0 unspecified atom stereocenters. The van der Waals surface area contributed by atoms with Gasteiger partial charge in [-0.1, -0.05) is 26.0 Å². The highest BCUT2D eigenvalue weighted by Crippen LogP contribution is 2.15. The number of nitriles is 1. The number of ether oxygens (including phenoxy) is 1. The van der Waals surface area contributed by atoms with Crippen LogP contribution >= 0.6 is 0 Å². The highest BCUT2D eigenvalue weighted by atomic mass is 16.5. The lowest BCUT2D eigenvalue weighted by molar-refractivity contribution is -0.123. The topological polar surface area (TPSA) is 104 Å². The predicted octanol–water partition coefficient (Wildman–Crippen LogP) is 2.88. The number of nitrogens with zero attached hydrogens (tertiary/aromatic N) is 2. The Morgan fingerprint density at radius 1 is 1.23 bits per heavy atom. The van der Waals surface area contributed by atoms with E-state index in [1.807, 2.05) is 38.2 Å². The molecule has 2 rings (SSSR count). The van der Waals surface area contributed by atoms with Crippen LogP contribution in [0.1, 0.15) is 42.6 Å². The molecule has 1 aromatic carbocycles. The Kier molecular flexibility index (Phi) is 9.32. The van der Waals surface area contributed by atoms with Gasteiger partial charge in [-0.25, -0.2) is 0 Å². The summed E-state index contributed by atoms with van der Waals surface area (Å²) in [5, 5.41) is 13.9. The molecule has 2 N–H and O–H groups in total. The third kappa shape index (κ3) is 7.92. The molecule has 0 bridgehead atoms. The van der Waals surface area contributed by atoms with Crippen molar-refractivity contribution in [2.75, 3.05) is 13.2 Å². The molecule has 0 saturated carbocycles. The van der Waals surface area contributed by atoms with Crippen molar-refractivity contribution in [1.82, 2.24) is 15.6 Å². The average Bonchev–Trinajstić information content (AvgIpc) is 2.75. The van der Waals surface area contributed by atoms with E-state index in [1.165, 1.54) is 0 Å². The van der Waals surface area contributed by atoms with Crippen LogP contribution in [0.25, 0.3) is 0 Å². The molecule has 158 valence electrons. The van der Waals surface area contributed by atoms with E-state index >= 15 is 0 Å². The van der Waals surface area contributed by atoms with Gasteiger partial charge in [-0.05, 0) is 55.0 Å². The van der Waals surface area contributed by atoms with Gasteiger partial charge in [0.15, 0.2) is 0 Å². The molecule has 0 saturated heterocycles. The fourth-order valence-corrected chi connectivity index (χ4v) is 2.93. The van der Waals surface area contributed by atoms with E-state index < -0.39 is 6.04 Å². The lowest BCUT2D eigenvalue weighted by atomic mass is 10.0. The first-order chi connectivity index (χ1) is 14.5. The molecule has 1 aromatic heterocycles. The van der Waals surface area contributed by atoms with Crippen molar-refractivity contribution < 1.29 is 14.3 Å². The fourth-order valence-electron chi connectivity index (χ4n) is 2.93. The van der Waals surface area contributed by atoms with E-state index in [0.717, 1.165) is 18.4 Å². The Morgan fingerprint density at radius 3 is 2.77 bits per heavy atom. The van der Waals surface area contributed by atoms with Crippen LogP contribution in [-0.2, 0) is 11.2 Å². The maximum absolute atomic E-state index is 12.7. The van der Waals surface area contributed by atoms with Crippen molar-refractivity contribution in [3.63, 3.8) is 0 Å². The molecule has 1 heterocycles. The van der Waals surface area contributed by atoms with Crippen LogP contribution in [0.2, 0.25) is 0 Å². The van der Waals surface area contributed by atoms with E-state index in [-0.39, 0.29) is 24.3 Å². The Bertz CT molecular complexity index is 862. The van der Waals surface area contributed by atoms with Gasteiger partial charge in [0.05, 0.1) is 12.7 Å². The van der Waals surface area contributed by atoms with Crippen LogP contribution in [0, 0.1) is 17.2 Å². The first kappa shape index (κ1) is 22.9. The number of benzene rings is 1. The SMILES string of the molecule is CC(C)C[C@H](NC(=O)c1cccc(OCCCc2cccnc2)c1)C(=O)NCC#N. The molecule has 2 amide bonds. The third-order valence-corrected chi connectivity index (χ3v) is 4.37. The molecule has 0 fully saturated rings. The Hall–Kier alpha value is -3.40. The van der Waals surface area contributed by atoms with Crippen LogP contribution in [0.15, 0.2) is 48.8 Å². The normalized spacial score (nSPS) is 11.4. The molecular formula is C23H28N4O3. The monoisotopic (exact) mass is 408 g/mol. The van der Waals surface area contributed by atoms with Crippen molar-refractivity contribution in [1.29, 1.82) is 5.26 Å². The number of amides is 2. The van der Waals surface area contributed by atoms with Crippen LogP contribution in [0.5, 0.6) is 5.75 Å². The van der Waals surface area contributed by atoms with Gasteiger partial charge >= 0.3 is 0 Å². The minimum atomic E-state index is -0.699. The molecule has 30 heavy (non-hydrogen) atoms. The van der Waals surface area contributed by atoms with E-state index in [1.54, 1.807) is 30.5 Å². The first-order valence-corrected chi connectivity index (χ1v) is 10.1. The summed E-state index contributed by atoms with van der Waals surface area (Å²) in [5.74, 6) is 0.0933. The van der Waals surface area contributed by atoms with Crippen LogP contribution in [-0.4, -0.2) is 36.0 Å². The lowest BCUT2D eigenvalue weighted by Gasteiger charge is -2.19. The number of carbonyl (C=O) groups is 2. The second-order valence-corrected chi connectivity index (χ2v) is 7.37. The van der Waals surface area contributed by atoms with Crippen LogP contribution < -0.4 is 15.4 Å². The molecule has 7 nitrogen and oxygen atoms in total. The molecule has 7 heteroatoms. The summed E-state index contributed by atoms with van der Waals surface area (Å²) in [6.45, 7) is 4.37. The number of carbonyl (C=O) groups excluding carboxylic acids is 2. The van der Waals surface area contributed by atoms with Gasteiger partial charge in [0.1, 0.15) is 18.3 Å². The molecule has 0 aliphatic heterocycles. The van der Waals surface area contributed by atoms with Gasteiger partial charge in [0, 0.05) is 18.0 Å². The highest BCUT2D eigenvalue weighted by molar-refractivity contribution is 5.97. The minimum absolute atomic E-state index is 0.0916. The van der Waals surface area contributed by atoms with Gasteiger partial charge in [0.25, 0.3) is 5.91 Å². The maximum Gasteiger partial charge on any atom is 0.252 e. The summed E-state index contributed by atoms with van der Waals surface area (Å²) in [5.41, 5.74) is 1.57. The van der Waals surface area contributed by atoms with Crippen molar-refractivity contribution >= 4 is 11.8 Å². The van der Waals surface area contributed by atoms with Gasteiger partial charge in [0.2, 0.25) is 5.91 Å². The van der Waals surface area contributed by atoms with E-state index in [9.17, 15) is 9.59 Å². The number of aryl methyl sites for hydroxylation is 1. The van der Waals surface area contributed by atoms with Gasteiger partial charge in [-0.15, -0.1) is 0 Å². The summed E-state index contributed by atoms with van der Waals surface area (Å²) >= 11 is 0. The molecule has 0 radical (unpaired) electrons. The Labute approximate surface area is 177 Å². The van der Waals surface area contributed by atoms with E-state index in [0.29, 0.717) is 24.3 Å². The zero-order valence-corrected chi connectivity index (χ0v) is 17.4. The summed E-state index contributed by atoms with van der Waals surface area (Å²) in [4.78, 5) is 29.0. The number of rotatable bonds is 11. The summed E-state index contributed by atoms with van der Waals surface area (Å²) in [6.07, 6.45) is 5.76. The number of hydrogen-bond donors (Lipinski definition) is 2. The minimum Gasteiger partial charge on any atom is -0.494 e. The van der Waals surface area contributed by atoms with E-state index in [2.05, 4.69) is 15.6 Å². The van der Waals surface area contributed by atoms with Gasteiger partial charge in [-0.3, -0.25) is 14.6 Å². The third-order valence-electron chi connectivity index (χ3n) is 4.37. The summed E-state index contributed by atoms with van der Waals surface area (Å²) in [7, 11) is 0. The van der Waals surface area contributed by atoms with Gasteiger partial charge in [-0.2, -0.15) is 5.26 Å². The molecule has 0 spiro atoms. The predicted molar refractivity (Wildman–Crippen MR) is 114 cm³/mol.